The first-order valence-electron chi connectivity index (χ1n) is 9.77. The number of likely N-dealkylation sites (tertiary alicyclic amines) is 1. The predicted octanol–water partition coefficient (Wildman–Crippen LogP) is 2.11. The van der Waals surface area contributed by atoms with E-state index in [1.165, 1.54) is 4.90 Å². The van der Waals surface area contributed by atoms with Gasteiger partial charge in [0.1, 0.15) is 11.8 Å². The van der Waals surface area contributed by atoms with Crippen LogP contribution in [0.2, 0.25) is 5.02 Å². The largest absolute Gasteiger partial charge is 0.469 e. The smallest absolute Gasteiger partial charge is 0.246 e. The van der Waals surface area contributed by atoms with Crippen LogP contribution in [-0.4, -0.2) is 50.7 Å². The Balaban J connectivity index is 1.37. The molecule has 31 heavy (non-hydrogen) atoms. The summed E-state index contributed by atoms with van der Waals surface area (Å²) in [5.41, 5.74) is 1.64. The second-order valence-corrected chi connectivity index (χ2v) is 7.89. The van der Waals surface area contributed by atoms with E-state index in [-0.39, 0.29) is 37.7 Å². The molecule has 4 rings (SSSR count). The Morgan fingerprint density at radius 3 is 2.81 bits per heavy atom. The lowest BCUT2D eigenvalue weighted by molar-refractivity contribution is -0.138. The zero-order chi connectivity index (χ0) is 22.0. The predicted molar refractivity (Wildman–Crippen MR) is 110 cm³/mol. The highest BCUT2D eigenvalue weighted by molar-refractivity contribution is 6.30. The summed E-state index contributed by atoms with van der Waals surface area (Å²) in [6.07, 6.45) is 0.986. The van der Waals surface area contributed by atoms with Crippen molar-refractivity contribution in [3.05, 3.63) is 58.8 Å². The second kappa shape index (κ2) is 8.91. The van der Waals surface area contributed by atoms with Gasteiger partial charge in [0.2, 0.25) is 23.5 Å². The molecule has 9 nitrogen and oxygen atoms in total. The van der Waals surface area contributed by atoms with E-state index in [2.05, 4.69) is 15.5 Å². The van der Waals surface area contributed by atoms with E-state index >= 15 is 0 Å². The lowest BCUT2D eigenvalue weighted by Gasteiger charge is -2.23. The fraction of sp³-hybridized carbons (Fsp3) is 0.333. The van der Waals surface area contributed by atoms with Crippen molar-refractivity contribution in [1.29, 1.82) is 0 Å². The molecule has 1 fully saturated rings. The van der Waals surface area contributed by atoms with Crippen molar-refractivity contribution in [2.75, 3.05) is 6.54 Å². The molecule has 2 N–H and O–H groups in total. The highest BCUT2D eigenvalue weighted by Gasteiger charge is 2.39. The van der Waals surface area contributed by atoms with Gasteiger partial charge in [-0.2, -0.15) is 4.98 Å². The lowest BCUT2D eigenvalue weighted by atomic mass is 10.1. The molecule has 3 heterocycles. The van der Waals surface area contributed by atoms with E-state index in [0.717, 1.165) is 11.1 Å². The minimum absolute atomic E-state index is 0.00538. The molecule has 0 radical (unpaired) electrons. The molecule has 0 unspecified atom stereocenters. The number of aromatic nitrogens is 2. The van der Waals surface area contributed by atoms with Gasteiger partial charge in [0.05, 0.1) is 25.3 Å². The molecule has 1 aromatic carbocycles. The van der Waals surface area contributed by atoms with Crippen molar-refractivity contribution in [3.63, 3.8) is 0 Å². The lowest BCUT2D eigenvalue weighted by Crippen LogP contribution is -2.46. The Morgan fingerprint density at radius 2 is 2.10 bits per heavy atom. The maximum Gasteiger partial charge on any atom is 0.246 e. The number of halogens is 1. The first kappa shape index (κ1) is 21.1. The number of carbonyl (C=O) groups is 2. The van der Waals surface area contributed by atoms with Gasteiger partial charge in [0.15, 0.2) is 0 Å². The van der Waals surface area contributed by atoms with E-state index in [0.29, 0.717) is 16.6 Å². The number of rotatable bonds is 6. The van der Waals surface area contributed by atoms with Crippen molar-refractivity contribution in [2.45, 2.75) is 38.5 Å². The number of benzene rings is 1. The van der Waals surface area contributed by atoms with Gasteiger partial charge < -0.3 is 24.3 Å². The molecule has 1 aliphatic rings. The van der Waals surface area contributed by atoms with Crippen LogP contribution in [-0.2, 0) is 22.6 Å². The third kappa shape index (κ3) is 4.95. The van der Waals surface area contributed by atoms with Crippen LogP contribution in [0.1, 0.15) is 23.6 Å². The Hall–Kier alpha value is -3.17. The zero-order valence-electron chi connectivity index (χ0n) is 16.7. The molecule has 0 aliphatic carbocycles. The van der Waals surface area contributed by atoms with Gasteiger partial charge in [-0.3, -0.25) is 9.59 Å². The van der Waals surface area contributed by atoms with Crippen molar-refractivity contribution >= 4 is 23.4 Å². The van der Waals surface area contributed by atoms with Gasteiger partial charge in [0.25, 0.3) is 0 Å². The third-order valence-corrected chi connectivity index (χ3v) is 5.25. The Labute approximate surface area is 183 Å². The molecule has 0 saturated carbocycles. The number of aliphatic hydroxyl groups is 1. The number of carbonyl (C=O) groups excluding carboxylic acids is 2. The molecule has 10 heteroatoms. The molecular formula is C21H21ClN4O5. The van der Waals surface area contributed by atoms with Gasteiger partial charge in [-0.05, 0) is 42.8 Å². The summed E-state index contributed by atoms with van der Waals surface area (Å²) in [7, 11) is 0. The fourth-order valence-corrected chi connectivity index (χ4v) is 3.62. The van der Waals surface area contributed by atoms with Crippen LogP contribution in [0.3, 0.4) is 0 Å². The number of aryl methyl sites for hydroxylation is 1. The number of aliphatic hydroxyl groups excluding tert-OH is 1. The van der Waals surface area contributed by atoms with Gasteiger partial charge >= 0.3 is 0 Å². The van der Waals surface area contributed by atoms with Gasteiger partial charge in [0, 0.05) is 23.6 Å². The third-order valence-electron chi connectivity index (χ3n) is 5.00. The van der Waals surface area contributed by atoms with E-state index in [1.807, 2.05) is 6.92 Å². The number of hydrogen-bond acceptors (Lipinski definition) is 7. The van der Waals surface area contributed by atoms with Gasteiger partial charge in [-0.25, -0.2) is 0 Å². The summed E-state index contributed by atoms with van der Waals surface area (Å²) >= 11 is 5.88. The molecule has 2 aromatic heterocycles. The number of hydrogen-bond donors (Lipinski definition) is 2. The van der Waals surface area contributed by atoms with Crippen LogP contribution >= 0.6 is 11.6 Å². The maximum absolute atomic E-state index is 12.7. The molecular weight excluding hydrogens is 424 g/mol. The summed E-state index contributed by atoms with van der Waals surface area (Å²) < 4.78 is 10.5. The number of nitrogens with one attached hydrogen (secondary N) is 1. The topological polar surface area (TPSA) is 122 Å². The fourth-order valence-electron chi connectivity index (χ4n) is 3.50. The average molecular weight is 445 g/mol. The number of nitrogens with zero attached hydrogens (tertiary/aromatic N) is 3. The number of furan rings is 1. The Kier molecular flexibility index (Phi) is 6.06. The summed E-state index contributed by atoms with van der Waals surface area (Å²) in [6.45, 7) is 1.96. The maximum atomic E-state index is 12.7. The number of β-amino-alcohol motifs (C(OH)–C–C–N with tert-alkyl or cyclic N) is 1. The first-order chi connectivity index (χ1) is 14.9. The van der Waals surface area contributed by atoms with Crippen molar-refractivity contribution in [2.24, 2.45) is 0 Å². The average Bonchev–Trinajstić information content (AvgIpc) is 3.47. The zero-order valence-corrected chi connectivity index (χ0v) is 17.5. The quantitative estimate of drug-likeness (QED) is 0.597. The van der Waals surface area contributed by atoms with Crippen molar-refractivity contribution in [1.82, 2.24) is 20.4 Å². The second-order valence-electron chi connectivity index (χ2n) is 7.45. The SMILES string of the molecule is Cc1coc(CC(=O)N2C[C@H](O)C[C@H]2C(=O)NCc2nc(-c3ccc(Cl)cc3)no2)c1. The van der Waals surface area contributed by atoms with E-state index in [1.54, 1.807) is 36.6 Å². The van der Waals surface area contributed by atoms with E-state index in [4.69, 9.17) is 20.5 Å². The van der Waals surface area contributed by atoms with Crippen LogP contribution in [0, 0.1) is 6.92 Å². The molecule has 2 atom stereocenters. The molecule has 0 bridgehead atoms. The van der Waals surface area contributed by atoms with Crippen LogP contribution in [0.4, 0.5) is 0 Å². The highest BCUT2D eigenvalue weighted by atomic mass is 35.5. The standard InChI is InChI=1S/C21H21ClN4O5/c1-12-6-16(30-11-12)8-19(28)26-10-15(27)7-17(26)21(29)23-9-18-24-20(25-31-18)13-2-4-14(22)5-3-13/h2-6,11,15,17,27H,7-10H2,1H3,(H,23,29)/t15-,17+/m1/s1. The highest BCUT2D eigenvalue weighted by Crippen LogP contribution is 2.21. The normalized spacial score (nSPS) is 18.4. The Morgan fingerprint density at radius 1 is 1.32 bits per heavy atom. The minimum atomic E-state index is -0.780. The van der Waals surface area contributed by atoms with Crippen LogP contribution in [0.5, 0.6) is 0 Å². The molecule has 2 amide bonds. The molecule has 1 aliphatic heterocycles. The molecule has 3 aromatic rings. The van der Waals surface area contributed by atoms with Crippen LogP contribution in [0.25, 0.3) is 11.4 Å². The van der Waals surface area contributed by atoms with Crippen LogP contribution in [0.15, 0.2) is 45.5 Å². The van der Waals surface area contributed by atoms with Gasteiger partial charge in [-0.1, -0.05) is 16.8 Å². The summed E-state index contributed by atoms with van der Waals surface area (Å²) in [5, 5.41) is 17.2. The molecule has 1 saturated heterocycles. The summed E-state index contributed by atoms with van der Waals surface area (Å²) in [5.74, 6) is 0.438. The Bertz CT molecular complexity index is 1080. The summed E-state index contributed by atoms with van der Waals surface area (Å²) in [4.78, 5) is 31.0. The molecule has 0 spiro atoms. The summed E-state index contributed by atoms with van der Waals surface area (Å²) in [6, 6.07) is 7.95. The number of amides is 2. The molecule has 162 valence electrons. The van der Waals surface area contributed by atoms with Crippen molar-refractivity contribution in [3.8, 4) is 11.4 Å². The van der Waals surface area contributed by atoms with Crippen LogP contribution < -0.4 is 5.32 Å². The monoisotopic (exact) mass is 444 g/mol. The van der Waals surface area contributed by atoms with E-state index in [9.17, 15) is 14.7 Å². The van der Waals surface area contributed by atoms with E-state index < -0.39 is 18.1 Å². The van der Waals surface area contributed by atoms with Crippen molar-refractivity contribution < 1.29 is 23.6 Å². The minimum Gasteiger partial charge on any atom is -0.469 e. The van der Waals surface area contributed by atoms with Gasteiger partial charge in [-0.15, -0.1) is 0 Å². The first-order valence-corrected chi connectivity index (χ1v) is 10.1.